The Morgan fingerprint density at radius 2 is 2.05 bits per heavy atom. The first-order chi connectivity index (χ1) is 10.4. The summed E-state index contributed by atoms with van der Waals surface area (Å²) in [6.07, 6.45) is 0.712. The Kier molecular flexibility index (Phi) is 3.64. The Bertz CT molecular complexity index is 682. The predicted molar refractivity (Wildman–Crippen MR) is 71.9 cm³/mol. The van der Waals surface area contributed by atoms with E-state index < -0.39 is 23.7 Å². The van der Waals surface area contributed by atoms with Gasteiger partial charge in [0.15, 0.2) is 17.8 Å². The predicted octanol–water partition coefficient (Wildman–Crippen LogP) is 3.40. The van der Waals surface area contributed by atoms with Crippen molar-refractivity contribution in [3.8, 4) is 11.3 Å². The van der Waals surface area contributed by atoms with E-state index in [1.165, 1.54) is 24.3 Å². The highest BCUT2D eigenvalue weighted by Gasteiger charge is 2.40. The van der Waals surface area contributed by atoms with E-state index in [4.69, 9.17) is 4.42 Å². The number of nitrogens with one attached hydrogen (secondary N) is 1. The minimum absolute atomic E-state index is 0.00169. The first-order valence-corrected chi connectivity index (χ1v) is 6.83. The number of hydrogen-bond donors (Lipinski definition) is 1. The van der Waals surface area contributed by atoms with E-state index in [1.807, 2.05) is 0 Å². The number of amides is 1. The first kappa shape index (κ1) is 14.6. The second-order valence-corrected chi connectivity index (χ2v) is 5.31. The second-order valence-electron chi connectivity index (χ2n) is 5.31. The number of nitrogens with zero attached hydrogens (tertiary/aromatic N) is 1. The molecular weight excluding hydrogens is 297 g/mol. The Balaban J connectivity index is 1.77. The molecule has 1 aliphatic rings. The summed E-state index contributed by atoms with van der Waals surface area (Å²) in [5.41, 5.74) is 0.489. The van der Waals surface area contributed by atoms with Gasteiger partial charge in [0.2, 0.25) is 5.92 Å². The number of oxazole rings is 1. The summed E-state index contributed by atoms with van der Waals surface area (Å²) in [7, 11) is 0. The van der Waals surface area contributed by atoms with Crippen molar-refractivity contribution in [1.29, 1.82) is 0 Å². The molecule has 0 aliphatic heterocycles. The maximum Gasteiger partial charge on any atom is 0.274 e. The van der Waals surface area contributed by atoms with Crippen LogP contribution in [0.4, 0.5) is 13.2 Å². The number of rotatable bonds is 3. The molecule has 1 aliphatic carbocycles. The van der Waals surface area contributed by atoms with Crippen LogP contribution in [0.1, 0.15) is 29.8 Å². The third-order valence-electron chi connectivity index (χ3n) is 3.63. The molecule has 0 saturated heterocycles. The summed E-state index contributed by atoms with van der Waals surface area (Å²) in [4.78, 5) is 16.0. The SMILES string of the molecule is O=C(NC1CCC(F)(F)C1)c1ncoc1-c1ccc(F)cc1. The van der Waals surface area contributed by atoms with Crippen LogP contribution in [0.15, 0.2) is 35.1 Å². The third kappa shape index (κ3) is 2.98. The largest absolute Gasteiger partial charge is 0.443 e. The van der Waals surface area contributed by atoms with Crippen LogP contribution < -0.4 is 5.32 Å². The summed E-state index contributed by atoms with van der Waals surface area (Å²) in [5.74, 6) is -3.54. The molecule has 1 aromatic heterocycles. The molecule has 0 bridgehead atoms. The fourth-order valence-corrected chi connectivity index (χ4v) is 2.54. The summed E-state index contributed by atoms with van der Waals surface area (Å²) in [6.45, 7) is 0. The molecule has 1 N–H and O–H groups in total. The molecule has 22 heavy (non-hydrogen) atoms. The van der Waals surface area contributed by atoms with E-state index >= 15 is 0 Å². The minimum Gasteiger partial charge on any atom is -0.443 e. The molecule has 7 heteroatoms. The average molecular weight is 310 g/mol. The number of hydrogen-bond acceptors (Lipinski definition) is 3. The Morgan fingerprint density at radius 3 is 2.68 bits per heavy atom. The molecule has 1 saturated carbocycles. The van der Waals surface area contributed by atoms with Gasteiger partial charge in [-0.15, -0.1) is 0 Å². The lowest BCUT2D eigenvalue weighted by molar-refractivity contribution is 0.00710. The van der Waals surface area contributed by atoms with E-state index in [0.717, 1.165) is 6.39 Å². The molecule has 0 radical (unpaired) electrons. The average Bonchev–Trinajstić information content (AvgIpc) is 3.06. The highest BCUT2D eigenvalue weighted by molar-refractivity contribution is 5.97. The number of carbonyl (C=O) groups is 1. The maximum atomic E-state index is 13.1. The van der Waals surface area contributed by atoms with E-state index in [-0.39, 0.29) is 30.7 Å². The summed E-state index contributed by atoms with van der Waals surface area (Å²) >= 11 is 0. The Labute approximate surface area is 124 Å². The zero-order valence-corrected chi connectivity index (χ0v) is 11.5. The number of aromatic nitrogens is 1. The van der Waals surface area contributed by atoms with Gasteiger partial charge in [0.1, 0.15) is 5.82 Å². The Hall–Kier alpha value is -2.31. The van der Waals surface area contributed by atoms with Gasteiger partial charge in [-0.1, -0.05) is 0 Å². The number of benzene rings is 1. The normalized spacial score (nSPS) is 20.0. The standard InChI is InChI=1S/C15H13F3N2O2/c16-10-3-1-9(2-4-10)13-12(19-8-22-13)14(21)20-11-5-6-15(17,18)7-11/h1-4,8,11H,5-7H2,(H,20,21). The fourth-order valence-electron chi connectivity index (χ4n) is 2.54. The summed E-state index contributed by atoms with van der Waals surface area (Å²) in [5, 5.41) is 2.54. The molecule has 1 fully saturated rings. The Morgan fingerprint density at radius 1 is 1.32 bits per heavy atom. The van der Waals surface area contributed by atoms with Crippen molar-refractivity contribution < 1.29 is 22.4 Å². The monoisotopic (exact) mass is 310 g/mol. The zero-order chi connectivity index (χ0) is 15.7. The van der Waals surface area contributed by atoms with Crippen LogP contribution in [0.25, 0.3) is 11.3 Å². The lowest BCUT2D eigenvalue weighted by Crippen LogP contribution is -2.34. The van der Waals surface area contributed by atoms with Crippen LogP contribution in [-0.4, -0.2) is 22.9 Å². The van der Waals surface area contributed by atoms with E-state index in [2.05, 4.69) is 10.3 Å². The molecule has 116 valence electrons. The molecule has 1 amide bonds. The molecule has 4 nitrogen and oxygen atoms in total. The van der Waals surface area contributed by atoms with Gasteiger partial charge in [0.25, 0.3) is 5.91 Å². The smallest absolute Gasteiger partial charge is 0.274 e. The molecule has 1 aromatic carbocycles. The van der Waals surface area contributed by atoms with Crippen molar-refractivity contribution >= 4 is 5.91 Å². The highest BCUT2D eigenvalue weighted by Crippen LogP contribution is 2.35. The summed E-state index contributed by atoms with van der Waals surface area (Å²) < 4.78 is 44.4. The van der Waals surface area contributed by atoms with Crippen LogP contribution in [0.5, 0.6) is 0 Å². The zero-order valence-electron chi connectivity index (χ0n) is 11.5. The molecular formula is C15H13F3N2O2. The van der Waals surface area contributed by atoms with Gasteiger partial charge >= 0.3 is 0 Å². The van der Waals surface area contributed by atoms with Gasteiger partial charge in [-0.05, 0) is 30.7 Å². The van der Waals surface area contributed by atoms with Crippen LogP contribution >= 0.6 is 0 Å². The van der Waals surface area contributed by atoms with Crippen LogP contribution in [0, 0.1) is 5.82 Å². The molecule has 1 heterocycles. The van der Waals surface area contributed by atoms with Crippen molar-refractivity contribution in [1.82, 2.24) is 10.3 Å². The van der Waals surface area contributed by atoms with Crippen LogP contribution in [0.3, 0.4) is 0 Å². The van der Waals surface area contributed by atoms with Crippen LogP contribution in [-0.2, 0) is 0 Å². The van der Waals surface area contributed by atoms with Gasteiger partial charge in [-0.25, -0.2) is 18.2 Å². The molecule has 2 aromatic rings. The van der Waals surface area contributed by atoms with E-state index in [0.29, 0.717) is 5.56 Å². The van der Waals surface area contributed by atoms with Gasteiger partial charge in [-0.2, -0.15) is 0 Å². The van der Waals surface area contributed by atoms with Crippen molar-refractivity contribution in [2.75, 3.05) is 0 Å². The van der Waals surface area contributed by atoms with Gasteiger partial charge in [0.05, 0.1) is 0 Å². The minimum atomic E-state index is -2.73. The van der Waals surface area contributed by atoms with Crippen molar-refractivity contribution in [3.05, 3.63) is 42.2 Å². The highest BCUT2D eigenvalue weighted by atomic mass is 19.3. The van der Waals surface area contributed by atoms with Crippen molar-refractivity contribution in [3.63, 3.8) is 0 Å². The van der Waals surface area contributed by atoms with Gasteiger partial charge < -0.3 is 9.73 Å². The topological polar surface area (TPSA) is 55.1 Å². The molecule has 0 spiro atoms. The second kappa shape index (κ2) is 5.47. The van der Waals surface area contributed by atoms with Crippen molar-refractivity contribution in [2.45, 2.75) is 31.2 Å². The third-order valence-corrected chi connectivity index (χ3v) is 3.63. The first-order valence-electron chi connectivity index (χ1n) is 6.83. The van der Waals surface area contributed by atoms with E-state index in [1.54, 1.807) is 0 Å². The number of carbonyl (C=O) groups excluding carboxylic acids is 1. The number of alkyl halides is 2. The fraction of sp³-hybridized carbons (Fsp3) is 0.333. The lowest BCUT2D eigenvalue weighted by atomic mass is 10.1. The molecule has 3 rings (SSSR count). The maximum absolute atomic E-state index is 13.1. The molecule has 1 atom stereocenters. The van der Waals surface area contributed by atoms with Crippen molar-refractivity contribution in [2.24, 2.45) is 0 Å². The van der Waals surface area contributed by atoms with Gasteiger partial charge in [0, 0.05) is 24.4 Å². The van der Waals surface area contributed by atoms with Gasteiger partial charge in [-0.3, -0.25) is 4.79 Å². The molecule has 1 unspecified atom stereocenters. The number of halogens is 3. The van der Waals surface area contributed by atoms with E-state index in [9.17, 15) is 18.0 Å². The quantitative estimate of drug-likeness (QED) is 0.945. The van der Waals surface area contributed by atoms with Crippen LogP contribution in [0.2, 0.25) is 0 Å². The lowest BCUT2D eigenvalue weighted by Gasteiger charge is -2.12. The summed E-state index contributed by atoms with van der Waals surface area (Å²) in [6, 6.07) is 4.79.